The van der Waals surface area contributed by atoms with Crippen molar-refractivity contribution < 1.29 is 18.8 Å². The lowest BCUT2D eigenvalue weighted by molar-refractivity contribution is 0.0692. The van der Waals surface area contributed by atoms with Gasteiger partial charge in [-0.05, 0) is 42.3 Å². The highest BCUT2D eigenvalue weighted by Crippen LogP contribution is 2.30. The molecule has 2 heterocycles. The van der Waals surface area contributed by atoms with Crippen LogP contribution in [-0.4, -0.2) is 41.1 Å². The Kier molecular flexibility index (Phi) is 5.23. The quantitative estimate of drug-likeness (QED) is 0.669. The third-order valence-corrected chi connectivity index (χ3v) is 4.77. The normalized spacial score (nSPS) is 16.6. The SMILES string of the molecule is COc1ccccc1C(=O)N1CCCC(c2nc(Oc3ccccc3)no2)C1. The van der Waals surface area contributed by atoms with Crippen molar-refractivity contribution in [1.82, 2.24) is 15.0 Å². The van der Waals surface area contributed by atoms with Crippen molar-refractivity contribution in [2.45, 2.75) is 18.8 Å². The van der Waals surface area contributed by atoms with Crippen LogP contribution in [0, 0.1) is 0 Å². The number of aromatic nitrogens is 2. The molecular formula is C21H21N3O4. The molecule has 0 radical (unpaired) electrons. The minimum absolute atomic E-state index is 0.0203. The summed E-state index contributed by atoms with van der Waals surface area (Å²) < 4.78 is 16.3. The van der Waals surface area contributed by atoms with E-state index < -0.39 is 0 Å². The zero-order valence-corrected chi connectivity index (χ0v) is 15.6. The van der Waals surface area contributed by atoms with Crippen molar-refractivity contribution in [3.05, 3.63) is 66.1 Å². The van der Waals surface area contributed by atoms with Crippen LogP contribution < -0.4 is 9.47 Å². The monoisotopic (exact) mass is 379 g/mol. The van der Waals surface area contributed by atoms with Crippen molar-refractivity contribution in [2.75, 3.05) is 20.2 Å². The number of nitrogens with zero attached hydrogens (tertiary/aromatic N) is 3. The minimum atomic E-state index is -0.0533. The average molecular weight is 379 g/mol. The Morgan fingerprint density at radius 3 is 2.75 bits per heavy atom. The first kappa shape index (κ1) is 18.0. The highest BCUT2D eigenvalue weighted by atomic mass is 16.6. The van der Waals surface area contributed by atoms with E-state index in [4.69, 9.17) is 14.0 Å². The molecule has 3 aromatic rings. The molecule has 0 bridgehead atoms. The number of rotatable bonds is 5. The predicted octanol–water partition coefficient (Wildman–Crippen LogP) is 3.89. The van der Waals surface area contributed by atoms with Crippen LogP contribution in [0.25, 0.3) is 0 Å². The molecule has 1 aromatic heterocycles. The lowest BCUT2D eigenvalue weighted by Crippen LogP contribution is -2.39. The van der Waals surface area contributed by atoms with Crippen LogP contribution in [-0.2, 0) is 0 Å². The average Bonchev–Trinajstić information content (AvgIpc) is 3.22. The number of hydrogen-bond acceptors (Lipinski definition) is 6. The number of carbonyl (C=O) groups is 1. The van der Waals surface area contributed by atoms with Crippen molar-refractivity contribution >= 4 is 5.91 Å². The molecule has 0 spiro atoms. The number of para-hydroxylation sites is 2. The van der Waals surface area contributed by atoms with E-state index in [0.717, 1.165) is 12.8 Å². The van der Waals surface area contributed by atoms with Crippen LogP contribution in [0.5, 0.6) is 17.5 Å². The van der Waals surface area contributed by atoms with Crippen LogP contribution in [0.4, 0.5) is 0 Å². The largest absolute Gasteiger partial charge is 0.496 e. The van der Waals surface area contributed by atoms with Gasteiger partial charge in [0.05, 0.1) is 18.6 Å². The first-order valence-electron chi connectivity index (χ1n) is 9.23. The molecule has 4 rings (SSSR count). The fourth-order valence-corrected chi connectivity index (χ4v) is 3.38. The van der Waals surface area contributed by atoms with Gasteiger partial charge in [-0.2, -0.15) is 4.98 Å². The Bertz CT molecular complexity index is 942. The third-order valence-electron chi connectivity index (χ3n) is 4.77. The molecule has 1 atom stereocenters. The van der Waals surface area contributed by atoms with E-state index in [1.165, 1.54) is 0 Å². The molecule has 1 aliphatic rings. The van der Waals surface area contributed by atoms with Crippen molar-refractivity contribution in [1.29, 1.82) is 0 Å². The zero-order chi connectivity index (χ0) is 19.3. The van der Waals surface area contributed by atoms with E-state index in [1.807, 2.05) is 47.4 Å². The van der Waals surface area contributed by atoms with Gasteiger partial charge in [-0.3, -0.25) is 4.79 Å². The maximum atomic E-state index is 13.0. The molecule has 0 saturated carbocycles. The lowest BCUT2D eigenvalue weighted by atomic mass is 9.97. The van der Waals surface area contributed by atoms with E-state index in [0.29, 0.717) is 36.0 Å². The van der Waals surface area contributed by atoms with Crippen molar-refractivity contribution in [2.24, 2.45) is 0 Å². The second-order valence-electron chi connectivity index (χ2n) is 6.62. The summed E-state index contributed by atoms with van der Waals surface area (Å²) in [6, 6.07) is 16.7. The van der Waals surface area contributed by atoms with E-state index in [-0.39, 0.29) is 17.8 Å². The second kappa shape index (κ2) is 8.12. The van der Waals surface area contributed by atoms with Crippen LogP contribution in [0.15, 0.2) is 59.1 Å². The summed E-state index contributed by atoms with van der Waals surface area (Å²) in [6.07, 6.45) is 1.74. The summed E-state index contributed by atoms with van der Waals surface area (Å²) >= 11 is 0. The van der Waals surface area contributed by atoms with E-state index in [2.05, 4.69) is 10.1 Å². The van der Waals surface area contributed by atoms with Gasteiger partial charge in [-0.15, -0.1) is 0 Å². The van der Waals surface area contributed by atoms with E-state index in [9.17, 15) is 4.79 Å². The Morgan fingerprint density at radius 2 is 1.93 bits per heavy atom. The van der Waals surface area contributed by atoms with Gasteiger partial charge >= 0.3 is 6.01 Å². The summed E-state index contributed by atoms with van der Waals surface area (Å²) in [4.78, 5) is 19.1. The lowest BCUT2D eigenvalue weighted by Gasteiger charge is -2.31. The van der Waals surface area contributed by atoms with Gasteiger partial charge in [-0.25, -0.2) is 0 Å². The van der Waals surface area contributed by atoms with Gasteiger partial charge in [0.15, 0.2) is 0 Å². The molecule has 144 valence electrons. The minimum Gasteiger partial charge on any atom is -0.496 e. The number of ether oxygens (including phenoxy) is 2. The third kappa shape index (κ3) is 3.83. The molecule has 1 aliphatic heterocycles. The molecule has 28 heavy (non-hydrogen) atoms. The van der Waals surface area contributed by atoms with E-state index in [1.54, 1.807) is 19.2 Å². The number of carbonyl (C=O) groups excluding carboxylic acids is 1. The Balaban J connectivity index is 1.46. The van der Waals surface area contributed by atoms with Gasteiger partial charge in [-0.1, -0.05) is 30.3 Å². The fourth-order valence-electron chi connectivity index (χ4n) is 3.38. The molecule has 1 fully saturated rings. The number of benzene rings is 2. The highest BCUT2D eigenvalue weighted by molar-refractivity contribution is 5.97. The van der Waals surface area contributed by atoms with Crippen LogP contribution in [0.2, 0.25) is 0 Å². The zero-order valence-electron chi connectivity index (χ0n) is 15.6. The van der Waals surface area contributed by atoms with Crippen molar-refractivity contribution in [3.8, 4) is 17.5 Å². The molecule has 7 nitrogen and oxygen atoms in total. The molecule has 0 N–H and O–H groups in total. The summed E-state index contributed by atoms with van der Waals surface area (Å²) in [5.74, 6) is 1.64. The fraction of sp³-hybridized carbons (Fsp3) is 0.286. The van der Waals surface area contributed by atoms with Gasteiger partial charge in [0.25, 0.3) is 5.91 Å². The van der Waals surface area contributed by atoms with E-state index >= 15 is 0 Å². The maximum absolute atomic E-state index is 13.0. The van der Waals surface area contributed by atoms with Crippen LogP contribution in [0.1, 0.15) is 35.0 Å². The summed E-state index contributed by atoms with van der Waals surface area (Å²) in [5.41, 5.74) is 0.560. The molecule has 1 saturated heterocycles. The molecule has 1 unspecified atom stereocenters. The summed E-state index contributed by atoms with van der Waals surface area (Å²) in [5, 5.41) is 3.91. The molecule has 7 heteroatoms. The second-order valence-corrected chi connectivity index (χ2v) is 6.62. The van der Waals surface area contributed by atoms with Crippen molar-refractivity contribution in [3.63, 3.8) is 0 Å². The number of hydrogen-bond donors (Lipinski definition) is 0. The Morgan fingerprint density at radius 1 is 1.14 bits per heavy atom. The highest BCUT2D eigenvalue weighted by Gasteiger charge is 2.30. The number of piperidine rings is 1. The first-order chi connectivity index (χ1) is 13.7. The van der Waals surface area contributed by atoms with Crippen LogP contribution in [0.3, 0.4) is 0 Å². The number of likely N-dealkylation sites (tertiary alicyclic amines) is 1. The smallest absolute Gasteiger partial charge is 0.359 e. The molecule has 2 aromatic carbocycles. The molecular weight excluding hydrogens is 358 g/mol. The number of methoxy groups -OCH3 is 1. The molecule has 1 amide bonds. The van der Waals surface area contributed by atoms with Gasteiger partial charge < -0.3 is 18.9 Å². The standard InChI is InChI=1S/C21H21N3O4/c1-26-18-12-6-5-11-17(18)20(25)24-13-7-8-15(14-24)19-22-21(23-28-19)27-16-9-3-2-4-10-16/h2-6,9-12,15H,7-8,13-14H2,1H3. The summed E-state index contributed by atoms with van der Waals surface area (Å²) in [6.45, 7) is 1.21. The maximum Gasteiger partial charge on any atom is 0.359 e. The number of amides is 1. The Labute approximate surface area is 162 Å². The molecule has 0 aliphatic carbocycles. The predicted molar refractivity (Wildman–Crippen MR) is 102 cm³/mol. The van der Waals surface area contributed by atoms with Gasteiger partial charge in [0, 0.05) is 13.1 Å². The van der Waals surface area contributed by atoms with Gasteiger partial charge in [0.2, 0.25) is 5.89 Å². The first-order valence-corrected chi connectivity index (χ1v) is 9.23. The Hall–Kier alpha value is -3.35. The van der Waals surface area contributed by atoms with Crippen LogP contribution >= 0.6 is 0 Å². The topological polar surface area (TPSA) is 77.7 Å². The summed E-state index contributed by atoms with van der Waals surface area (Å²) in [7, 11) is 1.57. The van der Waals surface area contributed by atoms with Gasteiger partial charge in [0.1, 0.15) is 11.5 Å².